The quantitative estimate of drug-likeness (QED) is 0.567. The van der Waals surface area contributed by atoms with Gasteiger partial charge in [-0.2, -0.15) is 0 Å². The summed E-state index contributed by atoms with van der Waals surface area (Å²) in [6.45, 7) is 2.97. The van der Waals surface area contributed by atoms with Gasteiger partial charge in [0.25, 0.3) is 0 Å². The van der Waals surface area contributed by atoms with Crippen molar-refractivity contribution in [2.75, 3.05) is 20.3 Å². The molecule has 0 heterocycles. The summed E-state index contributed by atoms with van der Waals surface area (Å²) in [6, 6.07) is 18.3. The van der Waals surface area contributed by atoms with Crippen LogP contribution < -0.4 is 4.74 Å². The van der Waals surface area contributed by atoms with Gasteiger partial charge in [-0.25, -0.2) is 0 Å². The second-order valence-electron chi connectivity index (χ2n) is 5.50. The van der Waals surface area contributed by atoms with Gasteiger partial charge in [0.15, 0.2) is 0 Å². The Bertz CT molecular complexity index is 522. The predicted octanol–water partition coefficient (Wildman–Crippen LogP) is 4.60. The Kier molecular flexibility index (Phi) is 8.23. The topological polar surface area (TPSA) is 27.7 Å². The van der Waals surface area contributed by atoms with Gasteiger partial charge >= 0.3 is 0 Å². The molecule has 0 fully saturated rings. The smallest absolute Gasteiger partial charge is 0.118 e. The summed E-state index contributed by atoms with van der Waals surface area (Å²) in [4.78, 5) is 0. The maximum atomic E-state index is 5.69. The third-order valence-corrected chi connectivity index (χ3v) is 3.62. The highest BCUT2D eigenvalue weighted by Gasteiger charge is 1.96. The summed E-state index contributed by atoms with van der Waals surface area (Å²) in [7, 11) is 1.68. The van der Waals surface area contributed by atoms with E-state index in [2.05, 4.69) is 12.1 Å². The molecule has 0 atom stereocenters. The minimum Gasteiger partial charge on any atom is -0.497 e. The number of ether oxygens (including phenoxy) is 3. The van der Waals surface area contributed by atoms with Crippen LogP contribution in [0.15, 0.2) is 54.6 Å². The molecule has 2 rings (SSSR count). The highest BCUT2D eigenvalue weighted by Crippen LogP contribution is 2.12. The summed E-state index contributed by atoms with van der Waals surface area (Å²) in [5.41, 5.74) is 2.41. The number of rotatable bonds is 11. The zero-order valence-electron chi connectivity index (χ0n) is 13.9. The fraction of sp³-hybridized carbons (Fsp3) is 0.400. The molecule has 0 aliphatic rings. The van der Waals surface area contributed by atoms with Crippen molar-refractivity contribution in [3.8, 4) is 5.75 Å². The van der Waals surface area contributed by atoms with Crippen LogP contribution in [-0.2, 0) is 22.7 Å². The van der Waals surface area contributed by atoms with Crippen LogP contribution in [0.4, 0.5) is 0 Å². The Hall–Kier alpha value is -1.84. The van der Waals surface area contributed by atoms with Gasteiger partial charge in [-0.15, -0.1) is 0 Å². The minimum atomic E-state index is 0.661. The van der Waals surface area contributed by atoms with E-state index in [0.717, 1.165) is 38.2 Å². The molecule has 3 heteroatoms. The van der Waals surface area contributed by atoms with Crippen LogP contribution in [0.1, 0.15) is 30.4 Å². The van der Waals surface area contributed by atoms with Crippen molar-refractivity contribution in [3.05, 3.63) is 65.7 Å². The monoisotopic (exact) mass is 314 g/mol. The molecule has 23 heavy (non-hydrogen) atoms. The van der Waals surface area contributed by atoms with Crippen molar-refractivity contribution in [2.45, 2.75) is 32.5 Å². The van der Waals surface area contributed by atoms with Crippen LogP contribution in [0.25, 0.3) is 0 Å². The predicted molar refractivity (Wildman–Crippen MR) is 92.6 cm³/mol. The first kappa shape index (κ1) is 17.5. The maximum absolute atomic E-state index is 5.69. The summed E-state index contributed by atoms with van der Waals surface area (Å²) in [6.07, 6.45) is 3.29. The third kappa shape index (κ3) is 7.31. The van der Waals surface area contributed by atoms with Gasteiger partial charge in [0.2, 0.25) is 0 Å². The Morgan fingerprint density at radius 1 is 0.652 bits per heavy atom. The fourth-order valence-electron chi connectivity index (χ4n) is 2.26. The average Bonchev–Trinajstić information content (AvgIpc) is 2.61. The van der Waals surface area contributed by atoms with E-state index in [0.29, 0.717) is 13.2 Å². The van der Waals surface area contributed by atoms with Crippen LogP contribution >= 0.6 is 0 Å². The number of unbranched alkanes of at least 4 members (excludes halogenated alkanes) is 2. The summed E-state index contributed by atoms with van der Waals surface area (Å²) < 4.78 is 16.5. The molecule has 0 saturated carbocycles. The molecule has 0 aliphatic carbocycles. The first-order valence-corrected chi connectivity index (χ1v) is 8.21. The SMILES string of the molecule is COc1ccc(COCCCCCOCc2ccccc2)cc1. The van der Waals surface area contributed by atoms with Gasteiger partial charge in [-0.05, 0) is 42.5 Å². The van der Waals surface area contributed by atoms with E-state index < -0.39 is 0 Å². The van der Waals surface area contributed by atoms with Crippen LogP contribution in [0, 0.1) is 0 Å². The number of hydrogen-bond acceptors (Lipinski definition) is 3. The molecule has 0 saturated heterocycles. The lowest BCUT2D eigenvalue weighted by Crippen LogP contribution is -1.98. The number of benzene rings is 2. The summed E-state index contributed by atoms with van der Waals surface area (Å²) in [5.74, 6) is 0.879. The van der Waals surface area contributed by atoms with Crippen molar-refractivity contribution in [1.29, 1.82) is 0 Å². The standard InChI is InChI=1S/C20H26O3/c1-21-20-12-10-19(11-13-20)17-23-15-7-3-6-14-22-16-18-8-4-2-5-9-18/h2,4-5,8-13H,3,6-7,14-17H2,1H3. The van der Waals surface area contributed by atoms with E-state index in [9.17, 15) is 0 Å². The van der Waals surface area contributed by atoms with Crippen molar-refractivity contribution in [2.24, 2.45) is 0 Å². The lowest BCUT2D eigenvalue weighted by molar-refractivity contribution is 0.102. The van der Waals surface area contributed by atoms with Crippen LogP contribution in [0.2, 0.25) is 0 Å². The Balaban J connectivity index is 1.43. The van der Waals surface area contributed by atoms with E-state index in [-0.39, 0.29) is 0 Å². The Morgan fingerprint density at radius 3 is 1.78 bits per heavy atom. The molecule has 0 radical (unpaired) electrons. The van der Waals surface area contributed by atoms with Crippen molar-refractivity contribution in [3.63, 3.8) is 0 Å². The minimum absolute atomic E-state index is 0.661. The zero-order valence-corrected chi connectivity index (χ0v) is 13.9. The van der Waals surface area contributed by atoms with Gasteiger partial charge < -0.3 is 14.2 Å². The van der Waals surface area contributed by atoms with Crippen molar-refractivity contribution >= 4 is 0 Å². The molecule has 0 spiro atoms. The van der Waals surface area contributed by atoms with Gasteiger partial charge in [0.1, 0.15) is 5.75 Å². The molecule has 0 aromatic heterocycles. The van der Waals surface area contributed by atoms with Crippen LogP contribution in [0.5, 0.6) is 5.75 Å². The van der Waals surface area contributed by atoms with E-state index in [4.69, 9.17) is 14.2 Å². The highest BCUT2D eigenvalue weighted by molar-refractivity contribution is 5.26. The van der Waals surface area contributed by atoms with Crippen LogP contribution in [-0.4, -0.2) is 20.3 Å². The molecular formula is C20H26O3. The molecule has 0 amide bonds. The second-order valence-corrected chi connectivity index (χ2v) is 5.50. The van der Waals surface area contributed by atoms with Crippen molar-refractivity contribution in [1.82, 2.24) is 0 Å². The highest BCUT2D eigenvalue weighted by atomic mass is 16.5. The first-order chi connectivity index (χ1) is 11.4. The fourth-order valence-corrected chi connectivity index (χ4v) is 2.26. The third-order valence-electron chi connectivity index (χ3n) is 3.62. The average molecular weight is 314 g/mol. The molecule has 0 aliphatic heterocycles. The molecule has 0 bridgehead atoms. The molecule has 2 aromatic carbocycles. The van der Waals surface area contributed by atoms with E-state index >= 15 is 0 Å². The molecular weight excluding hydrogens is 288 g/mol. The summed E-state index contributed by atoms with van der Waals surface area (Å²) >= 11 is 0. The summed E-state index contributed by atoms with van der Waals surface area (Å²) in [5, 5.41) is 0. The van der Waals surface area contributed by atoms with E-state index in [1.54, 1.807) is 7.11 Å². The number of methoxy groups -OCH3 is 1. The largest absolute Gasteiger partial charge is 0.497 e. The van der Waals surface area contributed by atoms with Gasteiger partial charge in [0.05, 0.1) is 20.3 Å². The van der Waals surface area contributed by atoms with Gasteiger partial charge in [0, 0.05) is 13.2 Å². The first-order valence-electron chi connectivity index (χ1n) is 8.21. The lowest BCUT2D eigenvalue weighted by atomic mass is 10.2. The van der Waals surface area contributed by atoms with Crippen molar-refractivity contribution < 1.29 is 14.2 Å². The molecule has 124 valence electrons. The van der Waals surface area contributed by atoms with Gasteiger partial charge in [-0.1, -0.05) is 42.5 Å². The lowest BCUT2D eigenvalue weighted by Gasteiger charge is -2.06. The molecule has 3 nitrogen and oxygen atoms in total. The van der Waals surface area contributed by atoms with E-state index in [1.165, 1.54) is 11.1 Å². The zero-order chi connectivity index (χ0) is 16.2. The number of hydrogen-bond donors (Lipinski definition) is 0. The Morgan fingerprint density at radius 2 is 1.22 bits per heavy atom. The normalized spacial score (nSPS) is 10.7. The second kappa shape index (κ2) is 10.8. The van der Waals surface area contributed by atoms with Crippen LogP contribution in [0.3, 0.4) is 0 Å². The molecule has 0 unspecified atom stereocenters. The van der Waals surface area contributed by atoms with Gasteiger partial charge in [-0.3, -0.25) is 0 Å². The molecule has 0 N–H and O–H groups in total. The Labute approximate surface area is 139 Å². The molecule has 2 aromatic rings. The maximum Gasteiger partial charge on any atom is 0.118 e. The van der Waals surface area contributed by atoms with E-state index in [1.807, 2.05) is 42.5 Å².